The molecule has 1 aliphatic heterocycles. The smallest absolute Gasteiger partial charge is 0.252 e. The van der Waals surface area contributed by atoms with Crippen LogP contribution in [0.25, 0.3) is 0 Å². The number of carbonyl (C=O) groups excluding carboxylic acids is 1. The first-order chi connectivity index (χ1) is 13.2. The molecule has 1 aromatic carbocycles. The predicted octanol–water partition coefficient (Wildman–Crippen LogP) is 2.45. The van der Waals surface area contributed by atoms with Gasteiger partial charge in [0.25, 0.3) is 5.91 Å². The fourth-order valence-electron chi connectivity index (χ4n) is 2.92. The zero-order valence-electron chi connectivity index (χ0n) is 15.3. The Bertz CT molecular complexity index is 733. The normalized spacial score (nSPS) is 14.7. The second kappa shape index (κ2) is 10.3. The Morgan fingerprint density at radius 2 is 1.93 bits per heavy atom. The quantitative estimate of drug-likeness (QED) is 0.727. The first-order valence-corrected chi connectivity index (χ1v) is 9.60. The van der Waals surface area contributed by atoms with Crippen molar-refractivity contribution in [2.24, 2.45) is 0 Å². The molecule has 1 amide bonds. The molecular weight excluding hydrogens is 364 g/mol. The molecule has 27 heavy (non-hydrogen) atoms. The van der Waals surface area contributed by atoms with E-state index in [1.165, 1.54) is 0 Å². The maximum absolute atomic E-state index is 12.3. The van der Waals surface area contributed by atoms with Gasteiger partial charge in [0.2, 0.25) is 0 Å². The third-order valence-electron chi connectivity index (χ3n) is 4.47. The van der Waals surface area contributed by atoms with E-state index >= 15 is 0 Å². The first kappa shape index (κ1) is 19.6. The van der Waals surface area contributed by atoms with Gasteiger partial charge in [-0.15, -0.1) is 0 Å². The summed E-state index contributed by atoms with van der Waals surface area (Å²) in [5.74, 6) is -0.117. The lowest BCUT2D eigenvalue weighted by atomic mass is 10.1. The van der Waals surface area contributed by atoms with Crippen LogP contribution in [0.3, 0.4) is 0 Å². The third-order valence-corrected chi connectivity index (χ3v) is 4.73. The second-order valence-electron chi connectivity index (χ2n) is 6.48. The number of hydrogen-bond donors (Lipinski definition) is 2. The van der Waals surface area contributed by atoms with Gasteiger partial charge in [-0.2, -0.15) is 0 Å². The highest BCUT2D eigenvalue weighted by atomic mass is 35.5. The molecule has 1 aliphatic rings. The van der Waals surface area contributed by atoms with E-state index in [-0.39, 0.29) is 5.91 Å². The summed E-state index contributed by atoms with van der Waals surface area (Å²) in [4.78, 5) is 18.9. The van der Waals surface area contributed by atoms with E-state index in [9.17, 15) is 4.79 Å². The number of halogens is 1. The number of amides is 1. The van der Waals surface area contributed by atoms with Crippen LogP contribution in [0.5, 0.6) is 0 Å². The van der Waals surface area contributed by atoms with Crippen LogP contribution >= 0.6 is 11.6 Å². The Morgan fingerprint density at radius 1 is 1.15 bits per heavy atom. The van der Waals surface area contributed by atoms with Crippen LogP contribution in [0.15, 0.2) is 42.7 Å². The molecule has 0 radical (unpaired) electrons. The lowest BCUT2D eigenvalue weighted by Gasteiger charge is -2.26. The van der Waals surface area contributed by atoms with Gasteiger partial charge in [-0.25, -0.2) is 0 Å². The molecule has 6 nitrogen and oxygen atoms in total. The average Bonchev–Trinajstić information content (AvgIpc) is 2.70. The summed E-state index contributed by atoms with van der Waals surface area (Å²) in [6.07, 6.45) is 4.09. The number of ether oxygens (including phenoxy) is 1. The summed E-state index contributed by atoms with van der Waals surface area (Å²) >= 11 is 5.88. The molecule has 0 aliphatic carbocycles. The molecule has 1 aromatic heterocycles. The van der Waals surface area contributed by atoms with Gasteiger partial charge in [-0.05, 0) is 30.2 Å². The maximum Gasteiger partial charge on any atom is 0.252 e. The third kappa shape index (κ3) is 6.50. The van der Waals surface area contributed by atoms with E-state index in [0.717, 1.165) is 57.1 Å². The lowest BCUT2D eigenvalue weighted by molar-refractivity contribution is 0.0398. The van der Waals surface area contributed by atoms with Gasteiger partial charge in [0.1, 0.15) is 0 Å². The summed E-state index contributed by atoms with van der Waals surface area (Å²) in [6, 6.07) is 9.48. The zero-order chi connectivity index (χ0) is 18.9. The van der Waals surface area contributed by atoms with E-state index in [4.69, 9.17) is 16.3 Å². The summed E-state index contributed by atoms with van der Waals surface area (Å²) < 4.78 is 5.35. The van der Waals surface area contributed by atoms with Crippen molar-refractivity contribution in [3.63, 3.8) is 0 Å². The molecule has 1 fully saturated rings. The molecule has 0 unspecified atom stereocenters. The number of pyridine rings is 1. The van der Waals surface area contributed by atoms with Crippen LogP contribution in [-0.4, -0.2) is 61.7 Å². The van der Waals surface area contributed by atoms with Crippen molar-refractivity contribution in [3.8, 4) is 0 Å². The standard InChI is InChI=1S/C20H25ClN4O2/c21-18-3-1-16(2-4-18)5-6-24-20(26)17-13-19(15-22-14-17)23-7-8-25-9-11-27-12-10-25/h1-4,13-15,23H,5-12H2,(H,24,26). The van der Waals surface area contributed by atoms with Crippen LogP contribution in [0.2, 0.25) is 5.02 Å². The number of hydrogen-bond acceptors (Lipinski definition) is 5. The summed E-state index contributed by atoms with van der Waals surface area (Å²) in [5, 5.41) is 6.99. The molecule has 7 heteroatoms. The highest BCUT2D eigenvalue weighted by Gasteiger charge is 2.10. The molecule has 2 N–H and O–H groups in total. The molecule has 3 rings (SSSR count). The van der Waals surface area contributed by atoms with Crippen molar-refractivity contribution in [2.45, 2.75) is 6.42 Å². The van der Waals surface area contributed by atoms with Crippen molar-refractivity contribution in [1.82, 2.24) is 15.2 Å². The Hall–Kier alpha value is -2.15. The Labute approximate surface area is 164 Å². The fourth-order valence-corrected chi connectivity index (χ4v) is 3.04. The molecule has 2 aromatic rings. The van der Waals surface area contributed by atoms with E-state index in [2.05, 4.69) is 20.5 Å². The average molecular weight is 389 g/mol. The van der Waals surface area contributed by atoms with Crippen molar-refractivity contribution < 1.29 is 9.53 Å². The number of carbonyl (C=O) groups is 1. The van der Waals surface area contributed by atoms with Gasteiger partial charge >= 0.3 is 0 Å². The lowest BCUT2D eigenvalue weighted by Crippen LogP contribution is -2.39. The Balaban J connectivity index is 1.42. The maximum atomic E-state index is 12.3. The Kier molecular flexibility index (Phi) is 7.45. The number of benzene rings is 1. The number of rotatable bonds is 8. The topological polar surface area (TPSA) is 66.5 Å². The number of morpholine rings is 1. The molecule has 0 atom stereocenters. The highest BCUT2D eigenvalue weighted by Crippen LogP contribution is 2.10. The Morgan fingerprint density at radius 3 is 2.70 bits per heavy atom. The minimum absolute atomic E-state index is 0.117. The van der Waals surface area contributed by atoms with Gasteiger partial charge in [0.15, 0.2) is 0 Å². The van der Waals surface area contributed by atoms with Gasteiger partial charge in [0.05, 0.1) is 24.5 Å². The molecule has 1 saturated heterocycles. The minimum atomic E-state index is -0.117. The SMILES string of the molecule is O=C(NCCc1ccc(Cl)cc1)c1cncc(NCCN2CCOCC2)c1. The molecule has 0 bridgehead atoms. The van der Waals surface area contributed by atoms with Gasteiger partial charge in [-0.3, -0.25) is 14.7 Å². The number of aromatic nitrogens is 1. The van der Waals surface area contributed by atoms with Crippen LogP contribution < -0.4 is 10.6 Å². The molecule has 144 valence electrons. The molecule has 0 spiro atoms. The predicted molar refractivity (Wildman–Crippen MR) is 107 cm³/mol. The van der Waals surface area contributed by atoms with E-state index in [1.54, 1.807) is 12.4 Å². The number of nitrogens with one attached hydrogen (secondary N) is 2. The van der Waals surface area contributed by atoms with Crippen molar-refractivity contribution in [2.75, 3.05) is 51.3 Å². The van der Waals surface area contributed by atoms with Crippen molar-refractivity contribution in [3.05, 3.63) is 58.9 Å². The van der Waals surface area contributed by atoms with E-state index in [0.29, 0.717) is 17.1 Å². The first-order valence-electron chi connectivity index (χ1n) is 9.22. The van der Waals surface area contributed by atoms with Gasteiger partial charge < -0.3 is 15.4 Å². The number of anilines is 1. The van der Waals surface area contributed by atoms with Crippen LogP contribution in [0.1, 0.15) is 15.9 Å². The number of nitrogens with zero attached hydrogens (tertiary/aromatic N) is 2. The minimum Gasteiger partial charge on any atom is -0.382 e. The zero-order valence-corrected chi connectivity index (χ0v) is 16.0. The van der Waals surface area contributed by atoms with Gasteiger partial charge in [0, 0.05) is 50.1 Å². The summed E-state index contributed by atoms with van der Waals surface area (Å²) in [6.45, 7) is 5.85. The van der Waals surface area contributed by atoms with Crippen LogP contribution in [0.4, 0.5) is 5.69 Å². The van der Waals surface area contributed by atoms with E-state index in [1.807, 2.05) is 30.3 Å². The van der Waals surface area contributed by atoms with Crippen LogP contribution in [0, 0.1) is 0 Å². The van der Waals surface area contributed by atoms with Crippen molar-refractivity contribution in [1.29, 1.82) is 0 Å². The van der Waals surface area contributed by atoms with Gasteiger partial charge in [-0.1, -0.05) is 23.7 Å². The van der Waals surface area contributed by atoms with Crippen LogP contribution in [-0.2, 0) is 11.2 Å². The second-order valence-corrected chi connectivity index (χ2v) is 6.91. The largest absolute Gasteiger partial charge is 0.382 e. The van der Waals surface area contributed by atoms with E-state index < -0.39 is 0 Å². The molecule has 0 saturated carbocycles. The molecule has 2 heterocycles. The monoisotopic (exact) mass is 388 g/mol. The van der Waals surface area contributed by atoms with Crippen molar-refractivity contribution >= 4 is 23.2 Å². The molecular formula is C20H25ClN4O2. The summed E-state index contributed by atoms with van der Waals surface area (Å²) in [7, 11) is 0. The summed E-state index contributed by atoms with van der Waals surface area (Å²) in [5.41, 5.74) is 2.55. The fraction of sp³-hybridized carbons (Fsp3) is 0.400. The highest BCUT2D eigenvalue weighted by molar-refractivity contribution is 6.30.